The van der Waals surface area contributed by atoms with Gasteiger partial charge in [0.15, 0.2) is 0 Å². The quantitative estimate of drug-likeness (QED) is 0.892. The third-order valence-electron chi connectivity index (χ3n) is 3.64. The topological polar surface area (TPSA) is 41.1 Å². The van der Waals surface area contributed by atoms with Gasteiger partial charge in [0, 0.05) is 11.7 Å². The van der Waals surface area contributed by atoms with Gasteiger partial charge in [-0.3, -0.25) is 4.79 Å². The zero-order valence-corrected chi connectivity index (χ0v) is 11.7. The highest BCUT2D eigenvalue weighted by molar-refractivity contribution is 5.80. The maximum absolute atomic E-state index is 12.4. The fourth-order valence-electron chi connectivity index (χ4n) is 2.49. The van der Waals surface area contributed by atoms with Gasteiger partial charge in [0.2, 0.25) is 5.91 Å². The van der Waals surface area contributed by atoms with Crippen LogP contribution < -0.4 is 10.6 Å². The minimum atomic E-state index is -4.34. The maximum Gasteiger partial charge on any atom is 0.416 e. The van der Waals surface area contributed by atoms with Crippen molar-refractivity contribution in [3.63, 3.8) is 0 Å². The number of halogens is 3. The second kappa shape index (κ2) is 6.83. The minimum Gasteiger partial charge on any atom is -0.376 e. The largest absolute Gasteiger partial charge is 0.416 e. The van der Waals surface area contributed by atoms with Crippen LogP contribution in [0.2, 0.25) is 0 Å². The van der Waals surface area contributed by atoms with Crippen LogP contribution in [-0.2, 0) is 11.0 Å². The van der Waals surface area contributed by atoms with Gasteiger partial charge in [-0.2, -0.15) is 13.2 Å². The predicted molar refractivity (Wildman–Crippen MR) is 74.9 cm³/mol. The molecule has 1 aromatic carbocycles. The summed E-state index contributed by atoms with van der Waals surface area (Å²) >= 11 is 0. The first-order chi connectivity index (χ1) is 9.95. The molecule has 116 valence electrons. The average molecular weight is 300 g/mol. The lowest BCUT2D eigenvalue weighted by Gasteiger charge is -2.22. The van der Waals surface area contributed by atoms with Crippen LogP contribution in [0.15, 0.2) is 24.3 Å². The van der Waals surface area contributed by atoms with E-state index in [9.17, 15) is 18.0 Å². The lowest BCUT2D eigenvalue weighted by atomic mass is 9.95. The zero-order valence-electron chi connectivity index (χ0n) is 11.7. The van der Waals surface area contributed by atoms with Gasteiger partial charge in [0.05, 0.1) is 12.1 Å². The summed E-state index contributed by atoms with van der Waals surface area (Å²) in [7, 11) is 0. The van der Waals surface area contributed by atoms with E-state index < -0.39 is 11.7 Å². The molecule has 6 heteroatoms. The second-order valence-corrected chi connectivity index (χ2v) is 5.33. The molecule has 1 fully saturated rings. The third kappa shape index (κ3) is 4.95. The number of carbonyl (C=O) groups is 1. The standard InChI is InChI=1S/C15H19F3N2O/c16-15(17,18)11-6-8-12(9-7-11)19-10-14(21)20-13-4-2-1-3-5-13/h6-9,13,19H,1-5,10H2,(H,20,21). The Balaban J connectivity index is 1.78. The van der Waals surface area contributed by atoms with E-state index in [4.69, 9.17) is 0 Å². The van der Waals surface area contributed by atoms with Gasteiger partial charge in [0.25, 0.3) is 0 Å². The molecule has 0 bridgehead atoms. The Bertz CT molecular complexity index is 465. The highest BCUT2D eigenvalue weighted by Crippen LogP contribution is 2.29. The Kier molecular flexibility index (Phi) is 5.09. The van der Waals surface area contributed by atoms with Gasteiger partial charge in [-0.25, -0.2) is 0 Å². The van der Waals surface area contributed by atoms with Gasteiger partial charge in [-0.15, -0.1) is 0 Å². The Morgan fingerprint density at radius 3 is 2.29 bits per heavy atom. The molecule has 1 aliphatic carbocycles. The molecule has 0 saturated heterocycles. The molecule has 0 aliphatic heterocycles. The highest BCUT2D eigenvalue weighted by atomic mass is 19.4. The van der Waals surface area contributed by atoms with Crippen LogP contribution in [0.4, 0.5) is 18.9 Å². The molecule has 1 saturated carbocycles. The SMILES string of the molecule is O=C(CNc1ccc(C(F)(F)F)cc1)NC1CCCCC1. The van der Waals surface area contributed by atoms with Crippen LogP contribution in [0.1, 0.15) is 37.7 Å². The van der Waals surface area contributed by atoms with Crippen molar-refractivity contribution in [3.8, 4) is 0 Å². The molecule has 0 radical (unpaired) electrons. The Morgan fingerprint density at radius 2 is 1.71 bits per heavy atom. The number of hydrogen-bond donors (Lipinski definition) is 2. The predicted octanol–water partition coefficient (Wildman–Crippen LogP) is 3.57. The van der Waals surface area contributed by atoms with E-state index in [2.05, 4.69) is 10.6 Å². The molecule has 21 heavy (non-hydrogen) atoms. The monoisotopic (exact) mass is 300 g/mol. The molecule has 0 aromatic heterocycles. The van der Waals surface area contributed by atoms with Crippen LogP contribution in [0.25, 0.3) is 0 Å². The van der Waals surface area contributed by atoms with Gasteiger partial charge in [-0.1, -0.05) is 19.3 Å². The van der Waals surface area contributed by atoms with Crippen molar-refractivity contribution < 1.29 is 18.0 Å². The number of rotatable bonds is 4. The molecule has 0 atom stereocenters. The fraction of sp³-hybridized carbons (Fsp3) is 0.533. The van der Waals surface area contributed by atoms with Crippen LogP contribution in [-0.4, -0.2) is 18.5 Å². The van der Waals surface area contributed by atoms with Crippen LogP contribution in [0.5, 0.6) is 0 Å². The van der Waals surface area contributed by atoms with Crippen LogP contribution in [0.3, 0.4) is 0 Å². The molecule has 0 unspecified atom stereocenters. The molecule has 3 nitrogen and oxygen atoms in total. The summed E-state index contributed by atoms with van der Waals surface area (Å²) in [6.45, 7) is 0.0713. The molecular weight excluding hydrogens is 281 g/mol. The zero-order chi connectivity index (χ0) is 15.3. The van der Waals surface area contributed by atoms with Crippen LogP contribution in [0, 0.1) is 0 Å². The van der Waals surface area contributed by atoms with Crippen molar-refractivity contribution in [1.82, 2.24) is 5.32 Å². The first-order valence-corrected chi connectivity index (χ1v) is 7.15. The normalized spacial score (nSPS) is 16.5. The van der Waals surface area contributed by atoms with Crippen molar-refractivity contribution in [3.05, 3.63) is 29.8 Å². The molecule has 1 amide bonds. The molecule has 0 spiro atoms. The average Bonchev–Trinajstić information content (AvgIpc) is 2.46. The summed E-state index contributed by atoms with van der Waals surface area (Å²) in [5.74, 6) is -0.123. The second-order valence-electron chi connectivity index (χ2n) is 5.33. The van der Waals surface area contributed by atoms with E-state index in [1.54, 1.807) is 0 Å². The van der Waals surface area contributed by atoms with Gasteiger partial charge >= 0.3 is 6.18 Å². The van der Waals surface area contributed by atoms with Gasteiger partial charge < -0.3 is 10.6 Å². The number of benzene rings is 1. The molecule has 1 aliphatic rings. The fourth-order valence-corrected chi connectivity index (χ4v) is 2.49. The van der Waals surface area contributed by atoms with Gasteiger partial charge in [-0.05, 0) is 37.1 Å². The molecule has 2 N–H and O–H groups in total. The first-order valence-electron chi connectivity index (χ1n) is 7.15. The Labute approximate surface area is 121 Å². The summed E-state index contributed by atoms with van der Waals surface area (Å²) in [6.07, 6.45) is 1.17. The van der Waals surface area contributed by atoms with Gasteiger partial charge in [0.1, 0.15) is 0 Å². The smallest absolute Gasteiger partial charge is 0.376 e. The summed E-state index contributed by atoms with van der Waals surface area (Å²) in [4.78, 5) is 11.8. The number of nitrogens with one attached hydrogen (secondary N) is 2. The lowest BCUT2D eigenvalue weighted by molar-refractivity contribution is -0.137. The summed E-state index contributed by atoms with van der Waals surface area (Å²) in [6, 6.07) is 4.90. The number of hydrogen-bond acceptors (Lipinski definition) is 2. The Hall–Kier alpha value is -1.72. The summed E-state index contributed by atoms with van der Waals surface area (Å²) < 4.78 is 37.2. The van der Waals surface area contributed by atoms with Crippen molar-refractivity contribution in [2.75, 3.05) is 11.9 Å². The van der Waals surface area contributed by atoms with Crippen molar-refractivity contribution >= 4 is 11.6 Å². The van der Waals surface area contributed by atoms with Crippen molar-refractivity contribution in [2.45, 2.75) is 44.3 Å². The lowest BCUT2D eigenvalue weighted by Crippen LogP contribution is -2.39. The van der Waals surface area contributed by atoms with E-state index in [-0.39, 0.29) is 18.5 Å². The summed E-state index contributed by atoms with van der Waals surface area (Å²) in [5, 5.41) is 5.78. The molecule has 2 rings (SSSR count). The molecule has 0 heterocycles. The first kappa shape index (κ1) is 15.7. The van der Waals surface area contributed by atoms with E-state index in [1.807, 2.05) is 0 Å². The summed E-state index contributed by atoms with van der Waals surface area (Å²) in [5.41, 5.74) is -0.193. The van der Waals surface area contributed by atoms with E-state index in [0.29, 0.717) is 5.69 Å². The molecule has 1 aromatic rings. The van der Waals surface area contributed by atoms with Crippen molar-refractivity contribution in [1.29, 1.82) is 0 Å². The van der Waals surface area contributed by atoms with E-state index in [0.717, 1.165) is 37.8 Å². The minimum absolute atomic E-state index is 0.0713. The number of amides is 1. The highest BCUT2D eigenvalue weighted by Gasteiger charge is 2.29. The van der Waals surface area contributed by atoms with Crippen LogP contribution >= 0.6 is 0 Å². The van der Waals surface area contributed by atoms with E-state index >= 15 is 0 Å². The van der Waals surface area contributed by atoms with Crippen molar-refractivity contribution in [2.24, 2.45) is 0 Å². The number of anilines is 1. The maximum atomic E-state index is 12.4. The third-order valence-corrected chi connectivity index (χ3v) is 3.64. The number of carbonyl (C=O) groups excluding carboxylic acids is 1. The molecular formula is C15H19F3N2O. The van der Waals surface area contributed by atoms with E-state index in [1.165, 1.54) is 18.6 Å². The number of alkyl halides is 3. The Morgan fingerprint density at radius 1 is 1.10 bits per heavy atom.